The Morgan fingerprint density at radius 3 is 3.25 bits per heavy atom. The van der Waals surface area contributed by atoms with Crippen LogP contribution < -0.4 is 4.74 Å². The van der Waals surface area contributed by atoms with Crippen molar-refractivity contribution in [1.29, 1.82) is 0 Å². The largest absolute Gasteiger partial charge is 0.494 e. The first kappa shape index (κ1) is 7.66. The van der Waals surface area contributed by atoms with Crippen molar-refractivity contribution in [3.63, 3.8) is 0 Å². The Morgan fingerprint density at radius 1 is 1.50 bits per heavy atom. The number of ether oxygens (including phenoxy) is 1. The summed E-state index contributed by atoms with van der Waals surface area (Å²) >= 11 is 0. The molecular weight excluding hydrogens is 148 g/mol. The number of rotatable bonds is 2. The van der Waals surface area contributed by atoms with E-state index in [-0.39, 0.29) is 0 Å². The van der Waals surface area contributed by atoms with Crippen LogP contribution >= 0.6 is 0 Å². The number of benzene rings is 1. The molecule has 0 saturated heterocycles. The van der Waals surface area contributed by atoms with Crippen LogP contribution in [0.15, 0.2) is 18.2 Å². The van der Waals surface area contributed by atoms with Crippen molar-refractivity contribution >= 4 is 0 Å². The minimum absolute atomic E-state index is 0.735. The maximum absolute atomic E-state index is 5.39. The van der Waals surface area contributed by atoms with Gasteiger partial charge in [-0.15, -0.1) is 0 Å². The maximum atomic E-state index is 5.39. The van der Waals surface area contributed by atoms with Crippen LogP contribution in [0.4, 0.5) is 0 Å². The highest BCUT2D eigenvalue weighted by atomic mass is 16.5. The summed E-state index contributed by atoms with van der Waals surface area (Å²) in [6, 6.07) is 6.25. The molecule has 1 aromatic rings. The van der Waals surface area contributed by atoms with E-state index in [1.807, 2.05) is 13.0 Å². The second-order valence-electron chi connectivity index (χ2n) is 2.93. The first-order valence-corrected chi connectivity index (χ1v) is 4.40. The van der Waals surface area contributed by atoms with E-state index in [1.165, 1.54) is 11.1 Å². The van der Waals surface area contributed by atoms with Gasteiger partial charge in [-0.05, 0) is 43.0 Å². The lowest BCUT2D eigenvalue weighted by Crippen LogP contribution is -1.92. The topological polar surface area (TPSA) is 9.23 Å². The van der Waals surface area contributed by atoms with E-state index in [0.29, 0.717) is 0 Å². The van der Waals surface area contributed by atoms with Gasteiger partial charge in [-0.3, -0.25) is 0 Å². The first-order valence-electron chi connectivity index (χ1n) is 4.40. The molecule has 1 nitrogen and oxygen atoms in total. The van der Waals surface area contributed by atoms with E-state index in [2.05, 4.69) is 18.6 Å². The van der Waals surface area contributed by atoms with Gasteiger partial charge in [-0.1, -0.05) is 6.07 Å². The third-order valence-corrected chi connectivity index (χ3v) is 2.10. The molecule has 0 saturated carbocycles. The fraction of sp³-hybridized carbons (Fsp3) is 0.364. The van der Waals surface area contributed by atoms with Gasteiger partial charge in [0.05, 0.1) is 6.61 Å². The van der Waals surface area contributed by atoms with Gasteiger partial charge < -0.3 is 4.74 Å². The van der Waals surface area contributed by atoms with Gasteiger partial charge >= 0.3 is 0 Å². The van der Waals surface area contributed by atoms with Gasteiger partial charge in [0.15, 0.2) is 0 Å². The normalized spacial score (nSPS) is 14.4. The molecule has 1 aliphatic rings. The van der Waals surface area contributed by atoms with Gasteiger partial charge in [0.1, 0.15) is 5.75 Å². The summed E-state index contributed by atoms with van der Waals surface area (Å²) in [6.07, 6.45) is 5.52. The average Bonchev–Trinajstić information content (AvgIpc) is 2.51. The van der Waals surface area contributed by atoms with Gasteiger partial charge in [0.2, 0.25) is 0 Å². The lowest BCUT2D eigenvalue weighted by Gasteiger charge is -2.04. The summed E-state index contributed by atoms with van der Waals surface area (Å²) < 4.78 is 5.39. The van der Waals surface area contributed by atoms with Crippen LogP contribution in [0.1, 0.15) is 24.5 Å². The van der Waals surface area contributed by atoms with E-state index >= 15 is 0 Å². The minimum Gasteiger partial charge on any atom is -0.494 e. The average molecular weight is 160 g/mol. The zero-order valence-corrected chi connectivity index (χ0v) is 7.26. The fourth-order valence-electron chi connectivity index (χ4n) is 1.53. The lowest BCUT2D eigenvalue weighted by atomic mass is 10.1. The predicted molar refractivity (Wildman–Crippen MR) is 48.3 cm³/mol. The SMILES string of the molecule is CCOc1ccc2c(c1)[C]CC2. The highest BCUT2D eigenvalue weighted by Crippen LogP contribution is 2.27. The van der Waals surface area contributed by atoms with Gasteiger partial charge in [0, 0.05) is 6.42 Å². The smallest absolute Gasteiger partial charge is 0.119 e. The van der Waals surface area contributed by atoms with Crippen LogP contribution in [0.2, 0.25) is 0 Å². The molecule has 0 amide bonds. The van der Waals surface area contributed by atoms with E-state index < -0.39 is 0 Å². The molecule has 2 rings (SSSR count). The molecule has 1 aliphatic carbocycles. The Kier molecular flexibility index (Phi) is 2.03. The molecule has 0 aliphatic heterocycles. The van der Waals surface area contributed by atoms with E-state index in [4.69, 9.17) is 4.74 Å². The summed E-state index contributed by atoms with van der Waals surface area (Å²) in [6.45, 7) is 2.74. The Hall–Kier alpha value is -0.980. The fourth-order valence-corrected chi connectivity index (χ4v) is 1.53. The van der Waals surface area contributed by atoms with Crippen LogP contribution in [-0.2, 0) is 6.42 Å². The molecule has 0 heterocycles. The lowest BCUT2D eigenvalue weighted by molar-refractivity contribution is 0.340. The summed E-state index contributed by atoms with van der Waals surface area (Å²) in [7, 11) is 0. The Balaban J connectivity index is 2.26. The third-order valence-electron chi connectivity index (χ3n) is 2.10. The van der Waals surface area contributed by atoms with E-state index in [1.54, 1.807) is 0 Å². The second-order valence-corrected chi connectivity index (χ2v) is 2.93. The van der Waals surface area contributed by atoms with Crippen molar-refractivity contribution in [3.8, 4) is 5.75 Å². The van der Waals surface area contributed by atoms with Crippen molar-refractivity contribution in [2.24, 2.45) is 0 Å². The van der Waals surface area contributed by atoms with Crippen LogP contribution in [0.25, 0.3) is 0 Å². The highest BCUT2D eigenvalue weighted by Gasteiger charge is 2.11. The molecular formula is C11H12O. The summed E-state index contributed by atoms with van der Waals surface area (Å²) in [5.74, 6) is 0.964. The summed E-state index contributed by atoms with van der Waals surface area (Å²) in [5, 5.41) is 0. The number of hydrogen-bond donors (Lipinski definition) is 0. The van der Waals surface area contributed by atoms with Crippen molar-refractivity contribution in [2.45, 2.75) is 19.8 Å². The Labute approximate surface area is 73.4 Å². The van der Waals surface area contributed by atoms with Crippen molar-refractivity contribution in [1.82, 2.24) is 0 Å². The molecule has 1 aromatic carbocycles. The monoisotopic (exact) mass is 160 g/mol. The van der Waals surface area contributed by atoms with Crippen LogP contribution in [0, 0.1) is 6.42 Å². The van der Waals surface area contributed by atoms with Crippen molar-refractivity contribution < 1.29 is 4.74 Å². The van der Waals surface area contributed by atoms with Crippen LogP contribution in [0.3, 0.4) is 0 Å². The Morgan fingerprint density at radius 2 is 2.42 bits per heavy atom. The third kappa shape index (κ3) is 1.31. The van der Waals surface area contributed by atoms with Gasteiger partial charge in [-0.25, -0.2) is 0 Å². The first-order chi connectivity index (χ1) is 5.90. The molecule has 0 spiro atoms. The quantitative estimate of drug-likeness (QED) is 0.645. The molecule has 12 heavy (non-hydrogen) atoms. The molecule has 2 radical (unpaired) electrons. The van der Waals surface area contributed by atoms with Crippen molar-refractivity contribution in [3.05, 3.63) is 35.7 Å². The van der Waals surface area contributed by atoms with Crippen molar-refractivity contribution in [2.75, 3.05) is 6.61 Å². The summed E-state index contributed by atoms with van der Waals surface area (Å²) in [5.41, 5.74) is 2.64. The molecule has 0 atom stereocenters. The molecule has 0 N–H and O–H groups in total. The maximum Gasteiger partial charge on any atom is 0.119 e. The Bertz CT molecular complexity index is 278. The number of hydrogen-bond acceptors (Lipinski definition) is 1. The number of aryl methyl sites for hydroxylation is 1. The highest BCUT2D eigenvalue weighted by molar-refractivity contribution is 5.43. The minimum atomic E-state index is 0.735. The van der Waals surface area contributed by atoms with Gasteiger partial charge in [0.25, 0.3) is 0 Å². The predicted octanol–water partition coefficient (Wildman–Crippen LogP) is 2.46. The zero-order valence-electron chi connectivity index (χ0n) is 7.26. The van der Waals surface area contributed by atoms with E-state index in [9.17, 15) is 0 Å². The standard InChI is InChI=1S/C11H12O/c1-2-12-11-7-6-9-4-3-5-10(9)8-11/h6-8H,2-4H2,1H3. The van der Waals surface area contributed by atoms with Crippen LogP contribution in [-0.4, -0.2) is 6.61 Å². The van der Waals surface area contributed by atoms with E-state index in [0.717, 1.165) is 25.2 Å². The molecule has 0 bridgehead atoms. The molecule has 0 aromatic heterocycles. The second kappa shape index (κ2) is 3.18. The molecule has 0 unspecified atom stereocenters. The molecule has 1 heteroatoms. The molecule has 62 valence electrons. The number of fused-ring (bicyclic) bond motifs is 1. The van der Waals surface area contributed by atoms with Gasteiger partial charge in [-0.2, -0.15) is 0 Å². The van der Waals surface area contributed by atoms with Crippen LogP contribution in [0.5, 0.6) is 5.75 Å². The molecule has 0 fully saturated rings. The summed E-state index contributed by atoms with van der Waals surface area (Å²) in [4.78, 5) is 0. The zero-order chi connectivity index (χ0) is 8.39.